The van der Waals surface area contributed by atoms with E-state index in [9.17, 15) is 10.0 Å². The number of hydrogen-bond donors (Lipinski definition) is 2. The Bertz CT molecular complexity index is 880. The number of aromatic nitrogens is 1. The highest BCUT2D eigenvalue weighted by Gasteiger charge is 2.49. The molecule has 2 aliphatic carbocycles. The molecule has 0 radical (unpaired) electrons. The highest BCUT2D eigenvalue weighted by atomic mass is 16.4. The molecule has 4 heteroatoms. The first-order valence-electron chi connectivity index (χ1n) is 10.1. The standard InChI is InChI=1S/C23H30BNO2/c1-15-12-18-19(22(4,5)9-8-21(18,2)3)13-17(15)23(10-11-23)20-7-6-16(14-25-20)24(26)27/h6-7,12-14,26-27H,8-11H2,1-5H3. The van der Waals surface area contributed by atoms with Crippen molar-refractivity contribution in [1.82, 2.24) is 4.98 Å². The molecular weight excluding hydrogens is 333 g/mol. The molecule has 4 rings (SSSR count). The van der Waals surface area contributed by atoms with Crippen molar-refractivity contribution in [3.05, 3.63) is 58.4 Å². The van der Waals surface area contributed by atoms with Gasteiger partial charge in [-0.1, -0.05) is 45.9 Å². The molecule has 1 saturated carbocycles. The maximum absolute atomic E-state index is 9.35. The number of rotatable bonds is 3. The Labute approximate surface area is 163 Å². The predicted molar refractivity (Wildman–Crippen MR) is 111 cm³/mol. The van der Waals surface area contributed by atoms with Crippen molar-refractivity contribution in [3.63, 3.8) is 0 Å². The van der Waals surface area contributed by atoms with Gasteiger partial charge in [-0.2, -0.15) is 0 Å². The van der Waals surface area contributed by atoms with Crippen molar-refractivity contribution in [1.29, 1.82) is 0 Å². The van der Waals surface area contributed by atoms with E-state index in [-0.39, 0.29) is 16.2 Å². The second-order valence-electron chi connectivity index (χ2n) is 9.91. The minimum Gasteiger partial charge on any atom is -0.423 e. The quantitative estimate of drug-likeness (QED) is 0.821. The van der Waals surface area contributed by atoms with Gasteiger partial charge in [0.2, 0.25) is 0 Å². The Hall–Kier alpha value is -1.65. The molecule has 1 heterocycles. The van der Waals surface area contributed by atoms with Crippen LogP contribution in [0, 0.1) is 6.92 Å². The summed E-state index contributed by atoms with van der Waals surface area (Å²) < 4.78 is 0. The fraction of sp³-hybridized carbons (Fsp3) is 0.522. The monoisotopic (exact) mass is 363 g/mol. The number of fused-ring (bicyclic) bond motifs is 1. The highest BCUT2D eigenvalue weighted by molar-refractivity contribution is 6.58. The van der Waals surface area contributed by atoms with Crippen molar-refractivity contribution in [2.45, 2.75) is 76.5 Å². The van der Waals surface area contributed by atoms with Crippen LogP contribution in [0.1, 0.15) is 81.3 Å². The van der Waals surface area contributed by atoms with E-state index in [1.165, 1.54) is 35.1 Å². The Kier molecular flexibility index (Phi) is 4.10. The van der Waals surface area contributed by atoms with E-state index < -0.39 is 7.12 Å². The van der Waals surface area contributed by atoms with Gasteiger partial charge in [0.15, 0.2) is 0 Å². The summed E-state index contributed by atoms with van der Waals surface area (Å²) in [5.74, 6) is 0. The SMILES string of the molecule is Cc1cc2c(cc1C1(c3ccc(B(O)O)cn3)CC1)C(C)(C)CCC2(C)C. The lowest BCUT2D eigenvalue weighted by Gasteiger charge is -2.43. The summed E-state index contributed by atoms with van der Waals surface area (Å²) in [6, 6.07) is 8.65. The Morgan fingerprint density at radius 3 is 1.93 bits per heavy atom. The van der Waals surface area contributed by atoms with Gasteiger partial charge in [0.1, 0.15) is 0 Å². The van der Waals surface area contributed by atoms with Crippen LogP contribution in [0.25, 0.3) is 0 Å². The molecule has 1 aromatic heterocycles. The lowest BCUT2D eigenvalue weighted by atomic mass is 9.62. The predicted octanol–water partition coefficient (Wildman–Crippen LogP) is 3.50. The minimum atomic E-state index is -1.46. The maximum atomic E-state index is 9.35. The van der Waals surface area contributed by atoms with E-state index in [0.29, 0.717) is 5.46 Å². The van der Waals surface area contributed by atoms with Crippen LogP contribution in [0.15, 0.2) is 30.5 Å². The molecule has 0 aliphatic heterocycles. The van der Waals surface area contributed by atoms with Crippen LogP contribution in [0.3, 0.4) is 0 Å². The molecule has 0 saturated heterocycles. The van der Waals surface area contributed by atoms with Gasteiger partial charge in [-0.15, -0.1) is 0 Å². The van der Waals surface area contributed by atoms with Gasteiger partial charge in [-0.25, -0.2) is 0 Å². The number of hydrogen-bond acceptors (Lipinski definition) is 3. The lowest BCUT2D eigenvalue weighted by Crippen LogP contribution is -2.34. The van der Waals surface area contributed by atoms with Gasteiger partial charge in [-0.3, -0.25) is 4.98 Å². The van der Waals surface area contributed by atoms with Gasteiger partial charge in [0.25, 0.3) is 0 Å². The Balaban J connectivity index is 1.83. The summed E-state index contributed by atoms with van der Waals surface area (Å²) in [6.45, 7) is 11.7. The largest absolute Gasteiger partial charge is 0.490 e. The van der Waals surface area contributed by atoms with E-state index in [0.717, 1.165) is 18.5 Å². The van der Waals surface area contributed by atoms with Gasteiger partial charge in [-0.05, 0) is 71.8 Å². The summed E-state index contributed by atoms with van der Waals surface area (Å²) in [5.41, 5.74) is 7.64. The fourth-order valence-electron chi connectivity index (χ4n) is 4.87. The summed E-state index contributed by atoms with van der Waals surface area (Å²) in [7, 11) is -1.46. The molecule has 0 unspecified atom stereocenters. The molecule has 2 N–H and O–H groups in total. The molecule has 0 bridgehead atoms. The van der Waals surface area contributed by atoms with Crippen LogP contribution in [0.4, 0.5) is 0 Å². The van der Waals surface area contributed by atoms with Gasteiger partial charge in [0.05, 0.1) is 5.69 Å². The Morgan fingerprint density at radius 1 is 0.852 bits per heavy atom. The van der Waals surface area contributed by atoms with Crippen molar-refractivity contribution in [2.75, 3.05) is 0 Å². The average molecular weight is 363 g/mol. The first-order valence-corrected chi connectivity index (χ1v) is 10.1. The van der Waals surface area contributed by atoms with E-state index in [2.05, 4.69) is 51.7 Å². The number of benzene rings is 1. The van der Waals surface area contributed by atoms with Crippen molar-refractivity contribution in [2.24, 2.45) is 0 Å². The van der Waals surface area contributed by atoms with Gasteiger partial charge < -0.3 is 10.0 Å². The van der Waals surface area contributed by atoms with Gasteiger partial charge >= 0.3 is 7.12 Å². The molecule has 1 aromatic carbocycles. The molecule has 0 amide bonds. The third-order valence-electron chi connectivity index (χ3n) is 7.04. The molecule has 142 valence electrons. The van der Waals surface area contributed by atoms with Crippen LogP contribution in [0.2, 0.25) is 0 Å². The van der Waals surface area contributed by atoms with Crippen LogP contribution in [0.5, 0.6) is 0 Å². The van der Waals surface area contributed by atoms with Crippen molar-refractivity contribution in [3.8, 4) is 0 Å². The Morgan fingerprint density at radius 2 is 1.44 bits per heavy atom. The first kappa shape index (κ1) is 18.7. The molecule has 2 aromatic rings. The number of pyridine rings is 1. The topological polar surface area (TPSA) is 53.4 Å². The molecular formula is C23H30BNO2. The van der Waals surface area contributed by atoms with Crippen LogP contribution in [-0.2, 0) is 16.2 Å². The van der Waals surface area contributed by atoms with Crippen LogP contribution in [-0.4, -0.2) is 22.2 Å². The second-order valence-corrected chi connectivity index (χ2v) is 9.91. The second kappa shape index (κ2) is 5.92. The smallest absolute Gasteiger partial charge is 0.423 e. The van der Waals surface area contributed by atoms with Crippen LogP contribution < -0.4 is 5.46 Å². The zero-order valence-electron chi connectivity index (χ0n) is 17.1. The zero-order valence-corrected chi connectivity index (χ0v) is 17.1. The lowest BCUT2D eigenvalue weighted by molar-refractivity contribution is 0.331. The molecule has 3 nitrogen and oxygen atoms in total. The number of aryl methyl sites for hydroxylation is 1. The van der Waals surface area contributed by atoms with Crippen molar-refractivity contribution >= 4 is 12.6 Å². The minimum absolute atomic E-state index is 0.0181. The maximum Gasteiger partial charge on any atom is 0.490 e. The molecule has 0 atom stereocenters. The van der Waals surface area contributed by atoms with Crippen molar-refractivity contribution < 1.29 is 10.0 Å². The zero-order chi connectivity index (χ0) is 19.6. The summed E-state index contributed by atoms with van der Waals surface area (Å²) in [6.07, 6.45) is 6.24. The normalized spacial score (nSPS) is 21.4. The summed E-state index contributed by atoms with van der Waals surface area (Å²) in [5, 5.41) is 18.7. The van der Waals surface area contributed by atoms with E-state index >= 15 is 0 Å². The number of nitrogens with zero attached hydrogens (tertiary/aromatic N) is 1. The average Bonchev–Trinajstić information content (AvgIpc) is 3.40. The summed E-state index contributed by atoms with van der Waals surface area (Å²) in [4.78, 5) is 4.61. The van der Waals surface area contributed by atoms with E-state index in [1.54, 1.807) is 12.3 Å². The fourth-order valence-corrected chi connectivity index (χ4v) is 4.87. The molecule has 27 heavy (non-hydrogen) atoms. The summed E-state index contributed by atoms with van der Waals surface area (Å²) >= 11 is 0. The molecule has 0 spiro atoms. The molecule has 1 fully saturated rings. The van der Waals surface area contributed by atoms with E-state index in [1.807, 2.05) is 6.07 Å². The van der Waals surface area contributed by atoms with Crippen LogP contribution >= 0.6 is 0 Å². The third-order valence-corrected chi connectivity index (χ3v) is 7.04. The third kappa shape index (κ3) is 2.94. The van der Waals surface area contributed by atoms with E-state index in [4.69, 9.17) is 0 Å². The highest BCUT2D eigenvalue weighted by Crippen LogP contribution is 2.56. The molecule has 2 aliphatic rings. The van der Waals surface area contributed by atoms with Gasteiger partial charge in [0, 0.05) is 17.1 Å². The first-order chi connectivity index (χ1) is 12.6.